The second kappa shape index (κ2) is 7.14. The number of nitrogens with one attached hydrogen (secondary N) is 1. The van der Waals surface area contributed by atoms with Crippen LogP contribution in [0.25, 0.3) is 0 Å². The SMILES string of the molecule is O=C(NCc1cccs1)[C@@H](c1ccccc1)N1Cc2ccccc2C1=O. The first kappa shape index (κ1) is 16.5. The molecule has 0 saturated carbocycles. The zero-order valence-electron chi connectivity index (χ0n) is 14.1. The molecule has 0 aliphatic carbocycles. The molecular formula is C21H18N2O2S. The largest absolute Gasteiger partial charge is 0.349 e. The molecule has 0 radical (unpaired) electrons. The van der Waals surface area contributed by atoms with Gasteiger partial charge in [-0.05, 0) is 28.6 Å². The summed E-state index contributed by atoms with van der Waals surface area (Å²) in [5, 5.41) is 4.97. The maximum atomic E-state index is 13.0. The molecule has 1 aliphatic rings. The van der Waals surface area contributed by atoms with E-state index in [1.54, 1.807) is 16.2 Å². The van der Waals surface area contributed by atoms with E-state index in [1.807, 2.05) is 72.1 Å². The minimum atomic E-state index is -0.643. The fraction of sp³-hybridized carbons (Fsp3) is 0.143. The van der Waals surface area contributed by atoms with Crippen LogP contribution in [0.1, 0.15) is 32.4 Å². The summed E-state index contributed by atoms with van der Waals surface area (Å²) in [4.78, 5) is 28.7. The Bertz CT molecular complexity index is 922. The molecular weight excluding hydrogens is 344 g/mol. The van der Waals surface area contributed by atoms with E-state index in [0.717, 1.165) is 16.0 Å². The van der Waals surface area contributed by atoms with Crippen LogP contribution in [0.3, 0.4) is 0 Å². The van der Waals surface area contributed by atoms with Gasteiger partial charge in [0.25, 0.3) is 5.91 Å². The molecule has 3 aromatic rings. The zero-order valence-corrected chi connectivity index (χ0v) is 14.9. The van der Waals surface area contributed by atoms with E-state index < -0.39 is 6.04 Å². The molecule has 4 nitrogen and oxygen atoms in total. The lowest BCUT2D eigenvalue weighted by Crippen LogP contribution is -2.40. The number of fused-ring (bicyclic) bond motifs is 1. The normalized spacial score (nSPS) is 14.2. The highest BCUT2D eigenvalue weighted by atomic mass is 32.1. The smallest absolute Gasteiger partial charge is 0.255 e. The molecule has 1 atom stereocenters. The second-order valence-electron chi connectivity index (χ2n) is 6.20. The lowest BCUT2D eigenvalue weighted by molar-refractivity contribution is -0.126. The van der Waals surface area contributed by atoms with Crippen molar-refractivity contribution in [3.63, 3.8) is 0 Å². The molecule has 5 heteroatoms. The number of hydrogen-bond acceptors (Lipinski definition) is 3. The first-order chi connectivity index (χ1) is 12.7. The molecule has 0 spiro atoms. The van der Waals surface area contributed by atoms with E-state index in [1.165, 1.54) is 0 Å². The van der Waals surface area contributed by atoms with Gasteiger partial charge in [-0.25, -0.2) is 0 Å². The van der Waals surface area contributed by atoms with Crippen LogP contribution in [-0.4, -0.2) is 16.7 Å². The van der Waals surface area contributed by atoms with E-state index in [0.29, 0.717) is 18.7 Å². The molecule has 0 unspecified atom stereocenters. The van der Waals surface area contributed by atoms with Crippen molar-refractivity contribution >= 4 is 23.2 Å². The number of nitrogens with zero attached hydrogens (tertiary/aromatic N) is 1. The van der Waals surface area contributed by atoms with Gasteiger partial charge in [0.05, 0.1) is 6.54 Å². The van der Waals surface area contributed by atoms with Crippen LogP contribution >= 0.6 is 11.3 Å². The van der Waals surface area contributed by atoms with Crippen molar-refractivity contribution in [3.8, 4) is 0 Å². The Kier molecular flexibility index (Phi) is 4.54. The fourth-order valence-corrected chi connectivity index (χ4v) is 3.92. The summed E-state index contributed by atoms with van der Waals surface area (Å²) in [5.74, 6) is -0.258. The van der Waals surface area contributed by atoms with Crippen LogP contribution in [-0.2, 0) is 17.9 Å². The summed E-state index contributed by atoms with van der Waals surface area (Å²) in [5.41, 5.74) is 2.46. The van der Waals surface area contributed by atoms with Gasteiger partial charge < -0.3 is 10.2 Å². The summed E-state index contributed by atoms with van der Waals surface area (Å²) >= 11 is 1.60. The number of carbonyl (C=O) groups is 2. The van der Waals surface area contributed by atoms with E-state index in [-0.39, 0.29) is 11.8 Å². The van der Waals surface area contributed by atoms with E-state index in [2.05, 4.69) is 5.32 Å². The molecule has 2 aromatic carbocycles. The van der Waals surface area contributed by atoms with Gasteiger partial charge in [0, 0.05) is 17.0 Å². The predicted molar refractivity (Wildman–Crippen MR) is 102 cm³/mol. The van der Waals surface area contributed by atoms with Crippen molar-refractivity contribution in [2.45, 2.75) is 19.1 Å². The molecule has 4 rings (SSSR count). The molecule has 1 N–H and O–H groups in total. The van der Waals surface area contributed by atoms with Gasteiger partial charge in [0.2, 0.25) is 5.91 Å². The van der Waals surface area contributed by atoms with Crippen LogP contribution in [0, 0.1) is 0 Å². The monoisotopic (exact) mass is 362 g/mol. The highest BCUT2D eigenvalue weighted by Crippen LogP contribution is 2.31. The van der Waals surface area contributed by atoms with Gasteiger partial charge >= 0.3 is 0 Å². The number of amides is 2. The van der Waals surface area contributed by atoms with Crippen molar-refractivity contribution < 1.29 is 9.59 Å². The van der Waals surface area contributed by atoms with Crippen LogP contribution in [0.4, 0.5) is 0 Å². The van der Waals surface area contributed by atoms with Crippen molar-refractivity contribution in [1.29, 1.82) is 0 Å². The highest BCUT2D eigenvalue weighted by Gasteiger charge is 2.37. The van der Waals surface area contributed by atoms with Gasteiger partial charge in [-0.3, -0.25) is 9.59 Å². The van der Waals surface area contributed by atoms with Gasteiger partial charge in [-0.15, -0.1) is 11.3 Å². The topological polar surface area (TPSA) is 49.4 Å². The molecule has 26 heavy (non-hydrogen) atoms. The quantitative estimate of drug-likeness (QED) is 0.751. The van der Waals surface area contributed by atoms with Gasteiger partial charge in [-0.2, -0.15) is 0 Å². The summed E-state index contributed by atoms with van der Waals surface area (Å²) in [6, 6.07) is 20.3. The van der Waals surface area contributed by atoms with E-state index in [4.69, 9.17) is 0 Å². The highest BCUT2D eigenvalue weighted by molar-refractivity contribution is 7.09. The van der Waals surface area contributed by atoms with Crippen molar-refractivity contribution in [1.82, 2.24) is 10.2 Å². The van der Waals surface area contributed by atoms with Crippen molar-refractivity contribution in [3.05, 3.63) is 93.7 Å². The Labute approximate surface area is 156 Å². The Morgan fingerprint density at radius 1 is 1.04 bits per heavy atom. The number of rotatable bonds is 5. The average molecular weight is 362 g/mol. The van der Waals surface area contributed by atoms with Gasteiger partial charge in [0.1, 0.15) is 6.04 Å². The maximum absolute atomic E-state index is 13.0. The van der Waals surface area contributed by atoms with Crippen LogP contribution < -0.4 is 5.32 Å². The summed E-state index contributed by atoms with van der Waals surface area (Å²) in [7, 11) is 0. The lowest BCUT2D eigenvalue weighted by atomic mass is 10.0. The standard InChI is InChI=1S/C21H18N2O2S/c24-20(22-13-17-10-6-12-26-17)19(15-7-2-1-3-8-15)23-14-16-9-4-5-11-18(16)21(23)25/h1-12,19H,13-14H2,(H,22,24)/t19-/m1/s1. The molecule has 0 fully saturated rings. The minimum absolute atomic E-state index is 0.0965. The number of hydrogen-bond donors (Lipinski definition) is 1. The lowest BCUT2D eigenvalue weighted by Gasteiger charge is -2.27. The van der Waals surface area contributed by atoms with Gasteiger partial charge in [-0.1, -0.05) is 54.6 Å². The Morgan fingerprint density at radius 3 is 2.54 bits per heavy atom. The van der Waals surface area contributed by atoms with Crippen LogP contribution in [0.15, 0.2) is 72.1 Å². The molecule has 2 amide bonds. The van der Waals surface area contributed by atoms with Crippen molar-refractivity contribution in [2.75, 3.05) is 0 Å². The molecule has 2 heterocycles. The zero-order chi connectivity index (χ0) is 17.9. The van der Waals surface area contributed by atoms with Crippen LogP contribution in [0.2, 0.25) is 0 Å². The summed E-state index contributed by atoms with van der Waals surface area (Å²) < 4.78 is 0. The third-order valence-corrected chi connectivity index (χ3v) is 5.42. The molecule has 1 aliphatic heterocycles. The third kappa shape index (κ3) is 3.13. The summed E-state index contributed by atoms with van der Waals surface area (Å²) in [6.07, 6.45) is 0. The Morgan fingerprint density at radius 2 is 1.81 bits per heavy atom. The third-order valence-electron chi connectivity index (χ3n) is 4.54. The first-order valence-electron chi connectivity index (χ1n) is 8.48. The fourth-order valence-electron chi connectivity index (χ4n) is 3.28. The molecule has 0 saturated heterocycles. The van der Waals surface area contributed by atoms with E-state index >= 15 is 0 Å². The average Bonchev–Trinajstić information content (AvgIpc) is 3.30. The number of benzene rings is 2. The predicted octanol–water partition coefficient (Wildman–Crippen LogP) is 3.76. The molecule has 130 valence electrons. The molecule has 0 bridgehead atoms. The van der Waals surface area contributed by atoms with Gasteiger partial charge in [0.15, 0.2) is 0 Å². The van der Waals surface area contributed by atoms with E-state index in [9.17, 15) is 9.59 Å². The summed E-state index contributed by atoms with van der Waals surface area (Å²) in [6.45, 7) is 0.913. The van der Waals surface area contributed by atoms with Crippen molar-refractivity contribution in [2.24, 2.45) is 0 Å². The Balaban J connectivity index is 1.62. The second-order valence-corrected chi connectivity index (χ2v) is 7.23. The first-order valence-corrected chi connectivity index (χ1v) is 9.36. The number of thiophene rings is 1. The van der Waals surface area contributed by atoms with Crippen LogP contribution in [0.5, 0.6) is 0 Å². The molecule has 1 aromatic heterocycles. The number of carbonyl (C=O) groups excluding carboxylic acids is 2. The Hall–Kier alpha value is -2.92. The minimum Gasteiger partial charge on any atom is -0.349 e. The maximum Gasteiger partial charge on any atom is 0.255 e.